The molecular weight excluding hydrogens is 397 g/mol. The molecule has 2 aromatic carbocycles. The molecular formula is C20H12FN3O4S. The van der Waals surface area contributed by atoms with Crippen LogP contribution in [0.2, 0.25) is 0 Å². The van der Waals surface area contributed by atoms with E-state index in [1.807, 2.05) is 0 Å². The standard InChI is InChI=1S/C20H12FN3O4S/c21-14-6-2-4-8-17(14)23-19(25)15(22-20(23)29)11-12-9-10-18(28-12)13-5-1-3-7-16(13)24(26)27/h1-11H,(H,22,29)/b15-11-. The summed E-state index contributed by atoms with van der Waals surface area (Å²) in [5, 5.41) is 14.0. The van der Waals surface area contributed by atoms with E-state index < -0.39 is 16.6 Å². The van der Waals surface area contributed by atoms with Crippen LogP contribution in [0, 0.1) is 15.9 Å². The second-order valence-electron chi connectivity index (χ2n) is 6.06. The van der Waals surface area contributed by atoms with Crippen molar-refractivity contribution in [2.24, 2.45) is 0 Å². The fourth-order valence-electron chi connectivity index (χ4n) is 2.95. The first kappa shape index (κ1) is 18.5. The van der Waals surface area contributed by atoms with Gasteiger partial charge in [-0.1, -0.05) is 24.3 Å². The van der Waals surface area contributed by atoms with E-state index in [0.717, 1.165) is 4.90 Å². The molecule has 0 atom stereocenters. The first-order chi connectivity index (χ1) is 14.0. The van der Waals surface area contributed by atoms with Crippen LogP contribution >= 0.6 is 12.2 Å². The Balaban J connectivity index is 1.65. The van der Waals surface area contributed by atoms with Crippen LogP contribution in [-0.2, 0) is 4.79 Å². The van der Waals surface area contributed by atoms with Crippen LogP contribution in [0.4, 0.5) is 15.8 Å². The molecule has 9 heteroatoms. The van der Waals surface area contributed by atoms with E-state index in [4.69, 9.17) is 16.6 Å². The molecule has 0 aliphatic carbocycles. The van der Waals surface area contributed by atoms with Crippen molar-refractivity contribution in [3.8, 4) is 11.3 Å². The first-order valence-electron chi connectivity index (χ1n) is 8.41. The maximum Gasteiger partial charge on any atom is 0.281 e. The Morgan fingerprint density at radius 2 is 1.83 bits per heavy atom. The number of para-hydroxylation sites is 2. The molecule has 0 unspecified atom stereocenters. The van der Waals surface area contributed by atoms with Gasteiger partial charge >= 0.3 is 0 Å². The fraction of sp³-hybridized carbons (Fsp3) is 0. The quantitative estimate of drug-likeness (QED) is 0.300. The highest BCUT2D eigenvalue weighted by atomic mass is 32.1. The van der Waals surface area contributed by atoms with Crippen molar-refractivity contribution in [2.45, 2.75) is 0 Å². The Morgan fingerprint density at radius 1 is 1.10 bits per heavy atom. The number of nitrogens with one attached hydrogen (secondary N) is 1. The lowest BCUT2D eigenvalue weighted by Crippen LogP contribution is -2.31. The summed E-state index contributed by atoms with van der Waals surface area (Å²) >= 11 is 5.16. The summed E-state index contributed by atoms with van der Waals surface area (Å²) in [6, 6.07) is 15.1. The van der Waals surface area contributed by atoms with Crippen LogP contribution in [0.1, 0.15) is 5.76 Å². The van der Waals surface area contributed by atoms with E-state index in [9.17, 15) is 19.3 Å². The minimum absolute atomic E-state index is 0.0387. The molecule has 1 fully saturated rings. The van der Waals surface area contributed by atoms with Gasteiger partial charge in [0, 0.05) is 12.1 Å². The van der Waals surface area contributed by atoms with Gasteiger partial charge in [-0.25, -0.2) is 9.29 Å². The van der Waals surface area contributed by atoms with Crippen molar-refractivity contribution in [3.05, 3.63) is 88.1 Å². The molecule has 0 spiro atoms. The third-order valence-corrected chi connectivity index (χ3v) is 4.54. The average molecular weight is 409 g/mol. The van der Waals surface area contributed by atoms with Crippen molar-refractivity contribution in [3.63, 3.8) is 0 Å². The molecule has 1 aliphatic heterocycles. The van der Waals surface area contributed by atoms with E-state index in [1.165, 1.54) is 30.3 Å². The topological polar surface area (TPSA) is 88.6 Å². The van der Waals surface area contributed by atoms with Crippen molar-refractivity contribution in [2.75, 3.05) is 4.90 Å². The van der Waals surface area contributed by atoms with Gasteiger partial charge in [-0.2, -0.15) is 0 Å². The number of thiocarbonyl (C=S) groups is 1. The van der Waals surface area contributed by atoms with Gasteiger partial charge in [0.1, 0.15) is 23.0 Å². The molecule has 0 saturated carbocycles. The van der Waals surface area contributed by atoms with Gasteiger partial charge in [0.2, 0.25) is 0 Å². The number of rotatable bonds is 4. The zero-order valence-corrected chi connectivity index (χ0v) is 15.5. The van der Waals surface area contributed by atoms with Crippen molar-refractivity contribution < 1.29 is 18.5 Å². The maximum atomic E-state index is 14.1. The number of carbonyl (C=O) groups excluding carboxylic acids is 1. The predicted octanol–water partition coefficient (Wildman–Crippen LogP) is 4.26. The summed E-state index contributed by atoms with van der Waals surface area (Å²) in [4.78, 5) is 24.5. The highest BCUT2D eigenvalue weighted by Gasteiger charge is 2.33. The Bertz CT molecular complexity index is 1190. The van der Waals surface area contributed by atoms with E-state index in [0.29, 0.717) is 5.56 Å². The van der Waals surface area contributed by atoms with Gasteiger partial charge < -0.3 is 9.73 Å². The number of benzene rings is 2. The SMILES string of the molecule is O=C1/C(=C/c2ccc(-c3ccccc3[N+](=O)[O-])o2)NC(=S)N1c1ccccc1F. The second kappa shape index (κ2) is 7.28. The number of carbonyl (C=O) groups is 1. The number of halogens is 1. The normalized spacial score (nSPS) is 15.1. The summed E-state index contributed by atoms with van der Waals surface area (Å²) < 4.78 is 19.7. The molecule has 1 saturated heterocycles. The predicted molar refractivity (Wildman–Crippen MR) is 108 cm³/mol. The Labute approximate surface area is 169 Å². The second-order valence-corrected chi connectivity index (χ2v) is 6.44. The maximum absolute atomic E-state index is 14.1. The summed E-state index contributed by atoms with van der Waals surface area (Å²) in [6.07, 6.45) is 1.41. The molecule has 4 rings (SSSR count). The molecule has 144 valence electrons. The lowest BCUT2D eigenvalue weighted by Gasteiger charge is -2.14. The minimum Gasteiger partial charge on any atom is -0.456 e. The Morgan fingerprint density at radius 3 is 2.59 bits per heavy atom. The van der Waals surface area contributed by atoms with Crippen LogP contribution in [0.5, 0.6) is 0 Å². The first-order valence-corrected chi connectivity index (χ1v) is 8.82. The number of nitrogens with zero attached hydrogens (tertiary/aromatic N) is 2. The largest absolute Gasteiger partial charge is 0.456 e. The van der Waals surface area contributed by atoms with Gasteiger partial charge in [-0.15, -0.1) is 0 Å². The Hall–Kier alpha value is -3.85. The average Bonchev–Trinajstić information content (AvgIpc) is 3.27. The molecule has 0 bridgehead atoms. The van der Waals surface area contributed by atoms with Gasteiger partial charge in [0.15, 0.2) is 5.11 Å². The summed E-state index contributed by atoms with van der Waals surface area (Å²) in [7, 11) is 0. The number of amides is 1. The summed E-state index contributed by atoms with van der Waals surface area (Å²) in [5.41, 5.74) is 0.361. The highest BCUT2D eigenvalue weighted by molar-refractivity contribution is 7.80. The van der Waals surface area contributed by atoms with Crippen LogP contribution in [0.15, 0.2) is 70.8 Å². The van der Waals surface area contributed by atoms with Crippen molar-refractivity contribution in [1.82, 2.24) is 5.32 Å². The number of hydrogen-bond donors (Lipinski definition) is 1. The van der Waals surface area contributed by atoms with E-state index in [1.54, 1.807) is 36.4 Å². The van der Waals surface area contributed by atoms with Gasteiger partial charge in [-0.3, -0.25) is 14.9 Å². The van der Waals surface area contributed by atoms with Crippen LogP contribution < -0.4 is 10.2 Å². The zero-order valence-electron chi connectivity index (χ0n) is 14.7. The van der Waals surface area contributed by atoms with Gasteiger partial charge in [0.25, 0.3) is 11.6 Å². The van der Waals surface area contributed by atoms with Crippen LogP contribution in [-0.4, -0.2) is 15.9 Å². The Kier molecular flexibility index (Phi) is 4.65. The van der Waals surface area contributed by atoms with E-state index in [2.05, 4.69) is 5.32 Å². The monoisotopic (exact) mass is 409 g/mol. The molecule has 1 aromatic heterocycles. The molecule has 7 nitrogen and oxygen atoms in total. The van der Waals surface area contributed by atoms with Crippen LogP contribution in [0.3, 0.4) is 0 Å². The fourth-order valence-corrected chi connectivity index (χ4v) is 3.24. The molecule has 1 aliphatic rings. The molecule has 0 radical (unpaired) electrons. The number of hydrogen-bond acceptors (Lipinski definition) is 5. The molecule has 1 N–H and O–H groups in total. The summed E-state index contributed by atoms with van der Waals surface area (Å²) in [5.74, 6) is -0.554. The third kappa shape index (κ3) is 3.39. The number of anilines is 1. The third-order valence-electron chi connectivity index (χ3n) is 4.25. The van der Waals surface area contributed by atoms with E-state index in [-0.39, 0.29) is 33.7 Å². The van der Waals surface area contributed by atoms with Crippen molar-refractivity contribution in [1.29, 1.82) is 0 Å². The summed E-state index contributed by atoms with van der Waals surface area (Å²) in [6.45, 7) is 0. The molecule has 2 heterocycles. The van der Waals surface area contributed by atoms with E-state index >= 15 is 0 Å². The number of furan rings is 1. The minimum atomic E-state index is -0.581. The van der Waals surface area contributed by atoms with Crippen LogP contribution in [0.25, 0.3) is 17.4 Å². The molecule has 3 aromatic rings. The van der Waals surface area contributed by atoms with Gasteiger partial charge in [0.05, 0.1) is 16.2 Å². The van der Waals surface area contributed by atoms with Gasteiger partial charge in [-0.05, 0) is 42.5 Å². The highest BCUT2D eigenvalue weighted by Crippen LogP contribution is 2.32. The molecule has 1 amide bonds. The zero-order chi connectivity index (χ0) is 20.5. The molecule has 29 heavy (non-hydrogen) atoms. The number of nitro groups is 1. The smallest absolute Gasteiger partial charge is 0.281 e. The lowest BCUT2D eigenvalue weighted by molar-refractivity contribution is -0.384. The number of nitro benzene ring substituents is 1. The van der Waals surface area contributed by atoms with Crippen molar-refractivity contribution >= 4 is 40.7 Å². The lowest BCUT2D eigenvalue weighted by atomic mass is 10.1.